The SMILES string of the molecule is COC1CCN(C(=O)CNC2CC2)CC1. The maximum absolute atomic E-state index is 11.7. The van der Waals surface area contributed by atoms with Crippen molar-refractivity contribution in [2.75, 3.05) is 26.7 Å². The summed E-state index contributed by atoms with van der Waals surface area (Å²) in [6.45, 7) is 2.22. The summed E-state index contributed by atoms with van der Waals surface area (Å²) in [4.78, 5) is 13.7. The molecule has 0 atom stereocenters. The number of piperidine rings is 1. The summed E-state index contributed by atoms with van der Waals surface area (Å²) >= 11 is 0. The van der Waals surface area contributed by atoms with Gasteiger partial charge in [-0.05, 0) is 25.7 Å². The zero-order valence-electron chi connectivity index (χ0n) is 9.37. The van der Waals surface area contributed by atoms with Crippen LogP contribution in [0.3, 0.4) is 0 Å². The first kappa shape index (κ1) is 10.9. The average molecular weight is 212 g/mol. The molecule has 2 rings (SSSR count). The van der Waals surface area contributed by atoms with E-state index < -0.39 is 0 Å². The zero-order chi connectivity index (χ0) is 10.7. The van der Waals surface area contributed by atoms with E-state index in [2.05, 4.69) is 5.32 Å². The van der Waals surface area contributed by atoms with Crippen LogP contribution in [0.1, 0.15) is 25.7 Å². The van der Waals surface area contributed by atoms with Crippen molar-refractivity contribution in [3.05, 3.63) is 0 Å². The van der Waals surface area contributed by atoms with Crippen molar-refractivity contribution in [2.24, 2.45) is 0 Å². The minimum absolute atomic E-state index is 0.247. The molecule has 0 radical (unpaired) electrons. The van der Waals surface area contributed by atoms with Crippen LogP contribution in [0, 0.1) is 0 Å². The predicted octanol–water partition coefficient (Wildman–Crippen LogP) is 0.376. The standard InChI is InChI=1S/C11H20N2O2/c1-15-10-4-6-13(7-5-10)11(14)8-12-9-2-3-9/h9-10,12H,2-8H2,1H3. The van der Waals surface area contributed by atoms with Gasteiger partial charge in [0.1, 0.15) is 0 Å². The normalized spacial score (nSPS) is 23.1. The van der Waals surface area contributed by atoms with E-state index >= 15 is 0 Å². The van der Waals surface area contributed by atoms with Crippen LogP contribution in [-0.2, 0) is 9.53 Å². The van der Waals surface area contributed by atoms with Gasteiger partial charge in [-0.25, -0.2) is 0 Å². The number of nitrogens with one attached hydrogen (secondary N) is 1. The number of nitrogens with zero attached hydrogens (tertiary/aromatic N) is 1. The summed E-state index contributed by atoms with van der Waals surface area (Å²) in [6.07, 6.45) is 4.78. The first-order chi connectivity index (χ1) is 7.29. The van der Waals surface area contributed by atoms with Gasteiger partial charge < -0.3 is 15.0 Å². The summed E-state index contributed by atoms with van der Waals surface area (Å²) in [5.74, 6) is 0.247. The van der Waals surface area contributed by atoms with Gasteiger partial charge in [0.2, 0.25) is 5.91 Å². The van der Waals surface area contributed by atoms with Crippen LogP contribution in [0.5, 0.6) is 0 Å². The number of amides is 1. The Morgan fingerprint density at radius 3 is 2.53 bits per heavy atom. The van der Waals surface area contributed by atoms with E-state index in [0.29, 0.717) is 18.7 Å². The molecule has 0 spiro atoms. The zero-order valence-corrected chi connectivity index (χ0v) is 9.37. The largest absolute Gasteiger partial charge is 0.381 e. The average Bonchev–Trinajstić information content (AvgIpc) is 3.10. The maximum Gasteiger partial charge on any atom is 0.236 e. The van der Waals surface area contributed by atoms with Crippen molar-refractivity contribution >= 4 is 5.91 Å². The molecule has 1 aliphatic carbocycles. The Kier molecular flexibility index (Phi) is 3.59. The Morgan fingerprint density at radius 1 is 1.33 bits per heavy atom. The first-order valence-corrected chi connectivity index (χ1v) is 5.83. The second kappa shape index (κ2) is 4.94. The summed E-state index contributed by atoms with van der Waals surface area (Å²) in [7, 11) is 1.75. The van der Waals surface area contributed by atoms with Gasteiger partial charge in [0, 0.05) is 26.2 Å². The minimum Gasteiger partial charge on any atom is -0.381 e. The lowest BCUT2D eigenvalue weighted by Crippen LogP contribution is -2.44. The quantitative estimate of drug-likeness (QED) is 0.732. The monoisotopic (exact) mass is 212 g/mol. The molecule has 86 valence electrons. The van der Waals surface area contributed by atoms with E-state index in [9.17, 15) is 4.79 Å². The number of rotatable bonds is 4. The molecule has 0 unspecified atom stereocenters. The van der Waals surface area contributed by atoms with E-state index in [-0.39, 0.29) is 5.91 Å². The van der Waals surface area contributed by atoms with Crippen LogP contribution < -0.4 is 5.32 Å². The molecular weight excluding hydrogens is 192 g/mol. The lowest BCUT2D eigenvalue weighted by molar-refractivity contribution is -0.132. The van der Waals surface area contributed by atoms with Crippen LogP contribution in [0.15, 0.2) is 0 Å². The molecule has 2 fully saturated rings. The van der Waals surface area contributed by atoms with Gasteiger partial charge in [-0.15, -0.1) is 0 Å². The molecule has 2 aliphatic rings. The molecule has 1 N–H and O–H groups in total. The molecule has 0 aromatic carbocycles. The molecule has 1 saturated heterocycles. The number of likely N-dealkylation sites (tertiary alicyclic amines) is 1. The fourth-order valence-corrected chi connectivity index (χ4v) is 1.97. The fourth-order valence-electron chi connectivity index (χ4n) is 1.97. The van der Waals surface area contributed by atoms with Gasteiger partial charge in [-0.1, -0.05) is 0 Å². The van der Waals surface area contributed by atoms with E-state index in [0.717, 1.165) is 25.9 Å². The predicted molar refractivity (Wildman–Crippen MR) is 57.6 cm³/mol. The highest BCUT2D eigenvalue weighted by molar-refractivity contribution is 5.78. The van der Waals surface area contributed by atoms with Crippen LogP contribution in [0.25, 0.3) is 0 Å². The summed E-state index contributed by atoms with van der Waals surface area (Å²) in [6, 6.07) is 0.616. The molecule has 0 bridgehead atoms. The van der Waals surface area contributed by atoms with Gasteiger partial charge in [0.15, 0.2) is 0 Å². The van der Waals surface area contributed by atoms with E-state index in [1.54, 1.807) is 7.11 Å². The topological polar surface area (TPSA) is 41.6 Å². The number of hydrogen-bond donors (Lipinski definition) is 1. The van der Waals surface area contributed by atoms with Crippen molar-refractivity contribution < 1.29 is 9.53 Å². The Hall–Kier alpha value is -0.610. The highest BCUT2D eigenvalue weighted by Crippen LogP contribution is 2.18. The van der Waals surface area contributed by atoms with Crippen molar-refractivity contribution in [2.45, 2.75) is 37.8 Å². The molecule has 4 heteroatoms. The number of carbonyl (C=O) groups is 1. The van der Waals surface area contributed by atoms with Crippen LogP contribution in [-0.4, -0.2) is 49.7 Å². The van der Waals surface area contributed by atoms with Gasteiger partial charge in [-0.2, -0.15) is 0 Å². The van der Waals surface area contributed by atoms with Crippen molar-refractivity contribution in [1.29, 1.82) is 0 Å². The van der Waals surface area contributed by atoms with Gasteiger partial charge in [-0.3, -0.25) is 4.79 Å². The number of methoxy groups -OCH3 is 1. The fraction of sp³-hybridized carbons (Fsp3) is 0.909. The van der Waals surface area contributed by atoms with Gasteiger partial charge in [0.25, 0.3) is 0 Å². The Bertz CT molecular complexity index is 221. The highest BCUT2D eigenvalue weighted by Gasteiger charge is 2.25. The molecule has 0 aromatic heterocycles. The molecule has 4 nitrogen and oxygen atoms in total. The lowest BCUT2D eigenvalue weighted by Gasteiger charge is -2.31. The van der Waals surface area contributed by atoms with Crippen LogP contribution in [0.4, 0.5) is 0 Å². The third kappa shape index (κ3) is 3.18. The molecule has 0 aromatic rings. The number of carbonyl (C=O) groups excluding carboxylic acids is 1. The first-order valence-electron chi connectivity index (χ1n) is 5.83. The smallest absolute Gasteiger partial charge is 0.236 e. The van der Waals surface area contributed by atoms with Gasteiger partial charge >= 0.3 is 0 Å². The van der Waals surface area contributed by atoms with E-state index in [4.69, 9.17) is 4.74 Å². The van der Waals surface area contributed by atoms with Crippen LogP contribution in [0.2, 0.25) is 0 Å². The lowest BCUT2D eigenvalue weighted by atomic mass is 10.1. The molecule has 15 heavy (non-hydrogen) atoms. The van der Waals surface area contributed by atoms with Crippen LogP contribution >= 0.6 is 0 Å². The summed E-state index contributed by atoms with van der Waals surface area (Å²) in [5, 5.41) is 3.26. The van der Waals surface area contributed by atoms with Crippen molar-refractivity contribution in [1.82, 2.24) is 10.2 Å². The third-order valence-electron chi connectivity index (χ3n) is 3.25. The number of hydrogen-bond acceptors (Lipinski definition) is 3. The van der Waals surface area contributed by atoms with E-state index in [1.807, 2.05) is 4.90 Å². The maximum atomic E-state index is 11.7. The molecule has 1 heterocycles. The Morgan fingerprint density at radius 2 is 2.00 bits per heavy atom. The third-order valence-corrected chi connectivity index (χ3v) is 3.25. The highest BCUT2D eigenvalue weighted by atomic mass is 16.5. The molecule has 1 saturated carbocycles. The molecule has 1 amide bonds. The molecule has 1 aliphatic heterocycles. The number of ether oxygens (including phenoxy) is 1. The molecular formula is C11H20N2O2. The Labute approximate surface area is 91.0 Å². The second-order valence-corrected chi connectivity index (χ2v) is 4.47. The van der Waals surface area contributed by atoms with Crippen molar-refractivity contribution in [3.63, 3.8) is 0 Å². The van der Waals surface area contributed by atoms with Gasteiger partial charge in [0.05, 0.1) is 12.6 Å². The van der Waals surface area contributed by atoms with E-state index in [1.165, 1.54) is 12.8 Å². The van der Waals surface area contributed by atoms with Crippen molar-refractivity contribution in [3.8, 4) is 0 Å². The summed E-state index contributed by atoms with van der Waals surface area (Å²) < 4.78 is 5.27. The second-order valence-electron chi connectivity index (χ2n) is 4.47. The minimum atomic E-state index is 0.247. The summed E-state index contributed by atoms with van der Waals surface area (Å²) in [5.41, 5.74) is 0. The Balaban J connectivity index is 1.66.